The maximum atomic E-state index is 12.7. The highest BCUT2D eigenvalue weighted by atomic mass is 16.2. The molecule has 1 aliphatic heterocycles. The molecule has 0 aromatic rings. The van der Waals surface area contributed by atoms with E-state index < -0.39 is 0 Å². The van der Waals surface area contributed by atoms with Gasteiger partial charge in [-0.05, 0) is 38.0 Å². The Morgan fingerprint density at radius 2 is 1.88 bits per heavy atom. The van der Waals surface area contributed by atoms with E-state index in [2.05, 4.69) is 41.3 Å². The molecule has 1 saturated heterocycles. The Labute approximate surface area is 146 Å². The van der Waals surface area contributed by atoms with Crippen molar-refractivity contribution in [1.82, 2.24) is 15.5 Å². The summed E-state index contributed by atoms with van der Waals surface area (Å²) in [4.78, 5) is 19.3. The molecule has 0 aromatic heterocycles. The van der Waals surface area contributed by atoms with Gasteiger partial charge in [0.15, 0.2) is 5.96 Å². The lowest BCUT2D eigenvalue weighted by Crippen LogP contribution is -2.47. The van der Waals surface area contributed by atoms with Crippen LogP contribution in [0.15, 0.2) is 4.99 Å². The first-order valence-corrected chi connectivity index (χ1v) is 9.86. The lowest BCUT2D eigenvalue weighted by atomic mass is 9.88. The van der Waals surface area contributed by atoms with E-state index in [1.165, 1.54) is 25.7 Å². The second-order valence-corrected chi connectivity index (χ2v) is 8.46. The molecule has 3 fully saturated rings. The topological polar surface area (TPSA) is 56.7 Å². The zero-order valence-corrected chi connectivity index (χ0v) is 15.6. The van der Waals surface area contributed by atoms with Crippen LogP contribution >= 0.6 is 0 Å². The van der Waals surface area contributed by atoms with E-state index in [-0.39, 0.29) is 5.92 Å². The predicted molar refractivity (Wildman–Crippen MR) is 98.0 cm³/mol. The zero-order valence-electron chi connectivity index (χ0n) is 15.6. The number of hydrogen-bond acceptors (Lipinski definition) is 2. The molecule has 2 unspecified atom stereocenters. The summed E-state index contributed by atoms with van der Waals surface area (Å²) >= 11 is 0. The number of carbonyl (C=O) groups is 1. The van der Waals surface area contributed by atoms with Crippen molar-refractivity contribution in [2.24, 2.45) is 16.3 Å². The molecule has 3 aliphatic rings. The van der Waals surface area contributed by atoms with Crippen molar-refractivity contribution in [2.75, 3.05) is 19.6 Å². The lowest BCUT2D eigenvalue weighted by molar-refractivity contribution is -0.135. The first-order valence-electron chi connectivity index (χ1n) is 9.86. The molecule has 2 atom stereocenters. The number of nitrogens with zero attached hydrogens (tertiary/aromatic N) is 2. The van der Waals surface area contributed by atoms with E-state index in [9.17, 15) is 4.79 Å². The Balaban J connectivity index is 1.49. The Hall–Kier alpha value is -1.26. The SMILES string of the molecule is CCN=C(NC1CCN(C(=O)C2CCCCC2)C1)NC1CC1(C)C. The highest BCUT2D eigenvalue weighted by molar-refractivity contribution is 5.82. The van der Waals surface area contributed by atoms with E-state index in [1.807, 2.05) is 0 Å². The normalized spacial score (nSPS) is 30.3. The molecule has 0 spiro atoms. The molecule has 5 heteroatoms. The number of rotatable bonds is 4. The van der Waals surface area contributed by atoms with Crippen LogP contribution in [0.4, 0.5) is 0 Å². The minimum atomic E-state index is 0.284. The first kappa shape index (κ1) is 17.6. The standard InChI is InChI=1S/C19H34N4O/c1-4-20-18(22-16-12-19(16,2)3)21-15-10-11-23(13-15)17(24)14-8-6-5-7-9-14/h14-16H,4-13H2,1-3H3,(H2,20,21,22). The van der Waals surface area contributed by atoms with Crippen molar-refractivity contribution in [2.45, 2.75) is 77.8 Å². The van der Waals surface area contributed by atoms with Gasteiger partial charge in [-0.25, -0.2) is 0 Å². The summed E-state index contributed by atoms with van der Waals surface area (Å²) in [7, 11) is 0. The van der Waals surface area contributed by atoms with E-state index in [1.54, 1.807) is 0 Å². The van der Waals surface area contributed by atoms with Gasteiger partial charge in [-0.15, -0.1) is 0 Å². The van der Waals surface area contributed by atoms with Gasteiger partial charge in [0.25, 0.3) is 0 Å². The van der Waals surface area contributed by atoms with Gasteiger partial charge in [-0.2, -0.15) is 0 Å². The second-order valence-electron chi connectivity index (χ2n) is 8.46. The van der Waals surface area contributed by atoms with Gasteiger partial charge in [0, 0.05) is 37.6 Å². The number of guanidine groups is 1. The molecule has 1 amide bonds. The number of amides is 1. The van der Waals surface area contributed by atoms with Gasteiger partial charge in [0.05, 0.1) is 0 Å². The van der Waals surface area contributed by atoms with Crippen LogP contribution in [0, 0.1) is 11.3 Å². The third kappa shape index (κ3) is 4.22. The molecule has 2 saturated carbocycles. The Morgan fingerprint density at radius 3 is 2.50 bits per heavy atom. The van der Waals surface area contributed by atoms with Crippen LogP contribution in [0.25, 0.3) is 0 Å². The number of likely N-dealkylation sites (tertiary alicyclic amines) is 1. The number of nitrogens with one attached hydrogen (secondary N) is 2. The summed E-state index contributed by atoms with van der Waals surface area (Å²) in [6, 6.07) is 0.855. The Morgan fingerprint density at radius 1 is 1.17 bits per heavy atom. The first-order chi connectivity index (χ1) is 11.5. The third-order valence-electron chi connectivity index (χ3n) is 5.94. The quantitative estimate of drug-likeness (QED) is 0.613. The summed E-state index contributed by atoms with van der Waals surface area (Å²) in [6.45, 7) is 9.13. The third-order valence-corrected chi connectivity index (χ3v) is 5.94. The van der Waals surface area contributed by atoms with E-state index >= 15 is 0 Å². The maximum absolute atomic E-state index is 12.7. The average molecular weight is 335 g/mol. The fraction of sp³-hybridized carbons (Fsp3) is 0.895. The second kappa shape index (κ2) is 7.32. The maximum Gasteiger partial charge on any atom is 0.225 e. The van der Waals surface area contributed by atoms with Crippen LogP contribution in [-0.4, -0.2) is 48.5 Å². The molecule has 0 bridgehead atoms. The molecular formula is C19H34N4O. The molecule has 0 aromatic carbocycles. The van der Waals surface area contributed by atoms with Crippen LogP contribution in [0.5, 0.6) is 0 Å². The smallest absolute Gasteiger partial charge is 0.225 e. The molecular weight excluding hydrogens is 300 g/mol. The molecule has 2 N–H and O–H groups in total. The van der Waals surface area contributed by atoms with Gasteiger partial charge in [-0.3, -0.25) is 9.79 Å². The highest BCUT2D eigenvalue weighted by Crippen LogP contribution is 2.44. The minimum Gasteiger partial charge on any atom is -0.353 e. The minimum absolute atomic E-state index is 0.284. The molecule has 0 radical (unpaired) electrons. The van der Waals surface area contributed by atoms with Crippen molar-refractivity contribution >= 4 is 11.9 Å². The average Bonchev–Trinajstić information content (AvgIpc) is 2.97. The zero-order chi connectivity index (χ0) is 17.2. The summed E-state index contributed by atoms with van der Waals surface area (Å²) in [5.41, 5.74) is 0.384. The van der Waals surface area contributed by atoms with Gasteiger partial charge in [-0.1, -0.05) is 33.1 Å². The summed E-state index contributed by atoms with van der Waals surface area (Å²) < 4.78 is 0. The fourth-order valence-corrected chi connectivity index (χ4v) is 4.05. The van der Waals surface area contributed by atoms with E-state index in [0.29, 0.717) is 23.4 Å². The predicted octanol–water partition coefficient (Wildman–Crippen LogP) is 2.52. The van der Waals surface area contributed by atoms with Crippen molar-refractivity contribution in [1.29, 1.82) is 0 Å². The molecule has 2 aliphatic carbocycles. The van der Waals surface area contributed by atoms with Crippen molar-refractivity contribution in [3.8, 4) is 0 Å². The molecule has 136 valence electrons. The van der Waals surface area contributed by atoms with Crippen LogP contribution in [0.1, 0.15) is 65.7 Å². The molecule has 24 heavy (non-hydrogen) atoms. The van der Waals surface area contributed by atoms with Gasteiger partial charge < -0.3 is 15.5 Å². The summed E-state index contributed by atoms with van der Waals surface area (Å²) in [5.74, 6) is 1.60. The highest BCUT2D eigenvalue weighted by Gasteiger charge is 2.46. The molecule has 3 rings (SSSR count). The van der Waals surface area contributed by atoms with E-state index in [0.717, 1.165) is 44.9 Å². The monoisotopic (exact) mass is 334 g/mol. The summed E-state index contributed by atoms with van der Waals surface area (Å²) in [6.07, 6.45) is 8.16. The van der Waals surface area contributed by atoms with E-state index in [4.69, 9.17) is 0 Å². The van der Waals surface area contributed by atoms with Gasteiger partial charge in [0.1, 0.15) is 0 Å². The summed E-state index contributed by atoms with van der Waals surface area (Å²) in [5, 5.41) is 7.11. The van der Waals surface area contributed by atoms with Crippen LogP contribution in [0.3, 0.4) is 0 Å². The van der Waals surface area contributed by atoms with Crippen molar-refractivity contribution in [3.63, 3.8) is 0 Å². The van der Waals surface area contributed by atoms with Crippen LogP contribution in [0.2, 0.25) is 0 Å². The molecule has 1 heterocycles. The molecule has 5 nitrogen and oxygen atoms in total. The Bertz CT molecular complexity index is 482. The van der Waals surface area contributed by atoms with Gasteiger partial charge in [0.2, 0.25) is 5.91 Å². The fourth-order valence-electron chi connectivity index (χ4n) is 4.05. The van der Waals surface area contributed by atoms with Crippen molar-refractivity contribution in [3.05, 3.63) is 0 Å². The van der Waals surface area contributed by atoms with Crippen molar-refractivity contribution < 1.29 is 4.79 Å². The van der Waals surface area contributed by atoms with Crippen LogP contribution < -0.4 is 10.6 Å². The lowest BCUT2D eigenvalue weighted by Gasteiger charge is -2.26. The Kier molecular flexibility index (Phi) is 5.36. The number of carbonyl (C=O) groups excluding carboxylic acids is 1. The number of hydrogen-bond donors (Lipinski definition) is 2. The largest absolute Gasteiger partial charge is 0.353 e. The van der Waals surface area contributed by atoms with Crippen LogP contribution in [-0.2, 0) is 4.79 Å². The van der Waals surface area contributed by atoms with Gasteiger partial charge >= 0.3 is 0 Å². The number of aliphatic imine (C=N–C) groups is 1.